The average molecular weight is 326 g/mol. The largest absolute Gasteiger partial charge is 0.272 e. The summed E-state index contributed by atoms with van der Waals surface area (Å²) in [5.74, 6) is 0.791. The van der Waals surface area contributed by atoms with Crippen molar-refractivity contribution in [3.63, 3.8) is 0 Å². The predicted octanol–water partition coefficient (Wildman–Crippen LogP) is 4.79. The van der Waals surface area contributed by atoms with Crippen molar-refractivity contribution in [2.75, 3.05) is 0 Å². The summed E-state index contributed by atoms with van der Waals surface area (Å²) in [4.78, 5) is 11.2. The summed E-state index contributed by atoms with van der Waals surface area (Å²) in [5.41, 5.74) is 2.17. The second-order valence-corrected chi connectivity index (χ2v) is 6.59. The highest BCUT2D eigenvalue weighted by atomic mass is 79.9. The number of halogens is 1. The van der Waals surface area contributed by atoms with Crippen molar-refractivity contribution < 1.29 is 4.92 Å². The zero-order valence-corrected chi connectivity index (χ0v) is 12.9. The molecule has 1 aliphatic rings. The molecule has 0 bridgehead atoms. The van der Waals surface area contributed by atoms with Crippen LogP contribution in [0, 0.1) is 23.0 Å². The molecule has 104 valence electrons. The van der Waals surface area contributed by atoms with Gasteiger partial charge in [0.15, 0.2) is 0 Å². The van der Waals surface area contributed by atoms with Gasteiger partial charge in [-0.1, -0.05) is 40.9 Å². The highest BCUT2D eigenvalue weighted by molar-refractivity contribution is 9.09. The minimum atomic E-state index is -0.290. The molecule has 4 heteroatoms. The molecule has 0 amide bonds. The van der Waals surface area contributed by atoms with Gasteiger partial charge in [-0.05, 0) is 44.1 Å². The summed E-state index contributed by atoms with van der Waals surface area (Å²) in [7, 11) is 0. The van der Waals surface area contributed by atoms with Crippen LogP contribution in [0.5, 0.6) is 0 Å². The fraction of sp³-hybridized carbons (Fsp3) is 0.600. The smallest absolute Gasteiger partial charge is 0.258 e. The summed E-state index contributed by atoms with van der Waals surface area (Å²) in [6.07, 6.45) is 7.32. The normalized spacial score (nSPS) is 17.6. The van der Waals surface area contributed by atoms with Gasteiger partial charge in [0.2, 0.25) is 0 Å². The third-order valence-electron chi connectivity index (χ3n) is 4.21. The molecule has 0 radical (unpaired) electrons. The first-order valence-electron chi connectivity index (χ1n) is 6.96. The van der Waals surface area contributed by atoms with E-state index in [-0.39, 0.29) is 10.6 Å². The van der Waals surface area contributed by atoms with E-state index >= 15 is 0 Å². The van der Waals surface area contributed by atoms with Gasteiger partial charge in [0.25, 0.3) is 5.69 Å². The molecule has 0 aromatic heterocycles. The molecule has 0 N–H and O–H groups in total. The van der Waals surface area contributed by atoms with E-state index in [4.69, 9.17) is 0 Å². The first-order valence-corrected chi connectivity index (χ1v) is 7.88. The molecule has 19 heavy (non-hydrogen) atoms. The van der Waals surface area contributed by atoms with Gasteiger partial charge in [-0.15, -0.1) is 0 Å². The van der Waals surface area contributed by atoms with Crippen LogP contribution in [-0.2, 0) is 6.42 Å². The van der Waals surface area contributed by atoms with E-state index in [0.717, 1.165) is 29.9 Å². The van der Waals surface area contributed by atoms with Gasteiger partial charge in [-0.3, -0.25) is 10.1 Å². The second-order valence-electron chi connectivity index (χ2n) is 5.42. The zero-order valence-electron chi connectivity index (χ0n) is 11.3. The predicted molar refractivity (Wildman–Crippen MR) is 80.8 cm³/mol. The van der Waals surface area contributed by atoms with Crippen LogP contribution in [0.4, 0.5) is 5.69 Å². The van der Waals surface area contributed by atoms with E-state index in [2.05, 4.69) is 15.9 Å². The number of rotatable bonds is 5. The molecule has 0 spiro atoms. The number of aryl methyl sites for hydroxylation is 1. The van der Waals surface area contributed by atoms with Crippen LogP contribution < -0.4 is 0 Å². The molecule has 1 aliphatic carbocycles. The van der Waals surface area contributed by atoms with E-state index in [1.54, 1.807) is 12.1 Å². The molecule has 3 nitrogen and oxygen atoms in total. The summed E-state index contributed by atoms with van der Waals surface area (Å²) < 4.78 is 0. The van der Waals surface area contributed by atoms with Gasteiger partial charge in [0.1, 0.15) is 0 Å². The Bertz CT molecular complexity index is 455. The Morgan fingerprint density at radius 3 is 2.74 bits per heavy atom. The minimum absolute atomic E-state index is 0.240. The molecular formula is C15H20BrNO2. The molecular weight excluding hydrogens is 306 g/mol. The monoisotopic (exact) mass is 325 g/mol. The maximum atomic E-state index is 10.9. The fourth-order valence-corrected chi connectivity index (χ4v) is 3.74. The molecule has 1 aromatic carbocycles. The molecule has 1 aromatic rings. The molecule has 1 atom stereocenters. The van der Waals surface area contributed by atoms with Crippen LogP contribution in [0.3, 0.4) is 0 Å². The first-order chi connectivity index (χ1) is 9.09. The van der Waals surface area contributed by atoms with Crippen molar-refractivity contribution in [2.24, 2.45) is 5.92 Å². The fourth-order valence-electron chi connectivity index (χ4n) is 2.99. The Labute approximate surface area is 122 Å². The van der Waals surface area contributed by atoms with E-state index in [0.29, 0.717) is 4.83 Å². The van der Waals surface area contributed by atoms with Crippen molar-refractivity contribution in [3.05, 3.63) is 39.4 Å². The van der Waals surface area contributed by atoms with Crippen LogP contribution in [-0.4, -0.2) is 9.75 Å². The lowest BCUT2D eigenvalue weighted by atomic mass is 9.96. The van der Waals surface area contributed by atoms with Gasteiger partial charge in [0.05, 0.1) is 4.92 Å². The molecule has 0 aliphatic heterocycles. The lowest BCUT2D eigenvalue weighted by Gasteiger charge is -2.17. The summed E-state index contributed by atoms with van der Waals surface area (Å²) in [6, 6.07) is 5.39. The van der Waals surface area contributed by atoms with E-state index in [9.17, 15) is 10.1 Å². The van der Waals surface area contributed by atoms with Crippen LogP contribution in [0.2, 0.25) is 0 Å². The highest BCUT2D eigenvalue weighted by Crippen LogP contribution is 2.34. The van der Waals surface area contributed by atoms with Gasteiger partial charge >= 0.3 is 0 Å². The highest BCUT2D eigenvalue weighted by Gasteiger charge is 2.23. The first kappa shape index (κ1) is 14.5. The standard InChI is InChI=1S/C15H20BrNO2/c1-11-12(7-4-8-15(11)17(18)19)9-10-14(16)13-5-2-3-6-13/h4,7-8,13-14H,2-3,5-6,9-10H2,1H3. The van der Waals surface area contributed by atoms with Gasteiger partial charge in [-0.25, -0.2) is 0 Å². The van der Waals surface area contributed by atoms with Crippen molar-refractivity contribution in [2.45, 2.75) is 50.3 Å². The number of alkyl halides is 1. The zero-order chi connectivity index (χ0) is 13.8. The number of nitro groups is 1. The molecule has 1 saturated carbocycles. The lowest BCUT2D eigenvalue weighted by molar-refractivity contribution is -0.385. The van der Waals surface area contributed by atoms with Crippen LogP contribution in [0.1, 0.15) is 43.2 Å². The summed E-state index contributed by atoms with van der Waals surface area (Å²) >= 11 is 3.80. The Hall–Kier alpha value is -0.900. The maximum absolute atomic E-state index is 10.9. The van der Waals surface area contributed by atoms with Crippen LogP contribution in [0.25, 0.3) is 0 Å². The minimum Gasteiger partial charge on any atom is -0.258 e. The number of benzene rings is 1. The SMILES string of the molecule is Cc1c(CCC(Br)C2CCCC2)cccc1[N+](=O)[O-]. The van der Waals surface area contributed by atoms with Gasteiger partial charge in [0, 0.05) is 16.5 Å². The molecule has 2 rings (SSSR count). The lowest BCUT2D eigenvalue weighted by Crippen LogP contribution is -2.12. The van der Waals surface area contributed by atoms with Gasteiger partial charge < -0.3 is 0 Å². The Morgan fingerprint density at radius 2 is 2.11 bits per heavy atom. The quantitative estimate of drug-likeness (QED) is 0.443. The summed E-state index contributed by atoms with van der Waals surface area (Å²) in [5, 5.41) is 10.9. The Balaban J connectivity index is 1.99. The Kier molecular flexibility index (Phi) is 4.97. The molecule has 0 saturated heterocycles. The molecule has 1 fully saturated rings. The Morgan fingerprint density at radius 1 is 1.42 bits per heavy atom. The second kappa shape index (κ2) is 6.51. The summed E-state index contributed by atoms with van der Waals surface area (Å²) in [6.45, 7) is 1.85. The van der Waals surface area contributed by atoms with Gasteiger partial charge in [-0.2, -0.15) is 0 Å². The third-order valence-corrected chi connectivity index (χ3v) is 5.42. The van der Waals surface area contributed by atoms with E-state index < -0.39 is 0 Å². The third kappa shape index (κ3) is 3.56. The molecule has 0 heterocycles. The number of nitro benzene ring substituents is 1. The van der Waals surface area contributed by atoms with Crippen LogP contribution >= 0.6 is 15.9 Å². The number of hydrogen-bond donors (Lipinski definition) is 0. The van der Waals surface area contributed by atoms with Crippen molar-refractivity contribution in [1.82, 2.24) is 0 Å². The maximum Gasteiger partial charge on any atom is 0.272 e. The van der Waals surface area contributed by atoms with E-state index in [1.165, 1.54) is 25.7 Å². The van der Waals surface area contributed by atoms with Crippen molar-refractivity contribution in [1.29, 1.82) is 0 Å². The molecule has 1 unspecified atom stereocenters. The average Bonchev–Trinajstić information content (AvgIpc) is 2.90. The van der Waals surface area contributed by atoms with E-state index in [1.807, 2.05) is 13.0 Å². The number of hydrogen-bond acceptors (Lipinski definition) is 2. The topological polar surface area (TPSA) is 43.1 Å². The van der Waals surface area contributed by atoms with Crippen molar-refractivity contribution >= 4 is 21.6 Å². The number of nitrogens with zero attached hydrogens (tertiary/aromatic N) is 1. The van der Waals surface area contributed by atoms with Crippen molar-refractivity contribution in [3.8, 4) is 0 Å². The van der Waals surface area contributed by atoms with Crippen LogP contribution in [0.15, 0.2) is 18.2 Å².